The highest BCUT2D eigenvalue weighted by Crippen LogP contribution is 2.42. The van der Waals surface area contributed by atoms with E-state index in [0.29, 0.717) is 0 Å². The molecule has 0 aliphatic carbocycles. The van der Waals surface area contributed by atoms with Crippen LogP contribution in [0.15, 0.2) is 35.0 Å². The van der Waals surface area contributed by atoms with Crippen molar-refractivity contribution in [3.05, 3.63) is 35.0 Å². The van der Waals surface area contributed by atoms with E-state index in [4.69, 9.17) is 0 Å². The smallest absolute Gasteiger partial charge is 0.0587 e. The number of hydrogen-bond acceptors (Lipinski definition) is 2. The van der Waals surface area contributed by atoms with Crippen LogP contribution in [-0.2, 0) is 0 Å². The van der Waals surface area contributed by atoms with E-state index in [1.165, 1.54) is 17.8 Å². The Kier molecular flexibility index (Phi) is 2.29. The van der Waals surface area contributed by atoms with Gasteiger partial charge in [-0.1, -0.05) is 12.1 Å². The Labute approximate surface area is 97.8 Å². The molecule has 2 aromatic heterocycles. The summed E-state index contributed by atoms with van der Waals surface area (Å²) in [5, 5.41) is 4.30. The summed E-state index contributed by atoms with van der Waals surface area (Å²) in [6.45, 7) is 0. The van der Waals surface area contributed by atoms with Crippen LogP contribution in [0.2, 0.25) is 0 Å². The van der Waals surface area contributed by atoms with Crippen LogP contribution in [0.1, 0.15) is 0 Å². The van der Waals surface area contributed by atoms with E-state index >= 15 is 0 Å². The highest BCUT2D eigenvalue weighted by atomic mass is 32.2. The first kappa shape index (κ1) is 8.85. The van der Waals surface area contributed by atoms with Crippen LogP contribution in [0.5, 0.6) is 0 Å². The van der Waals surface area contributed by atoms with Gasteiger partial charge in [-0.25, -0.2) is 0 Å². The van der Waals surface area contributed by atoms with E-state index in [-0.39, 0.29) is 0 Å². The predicted molar refractivity (Wildman–Crippen MR) is 69.7 cm³/mol. The fraction of sp³-hybridized carbons (Fsp3) is 0. The molecule has 0 saturated heterocycles. The van der Waals surface area contributed by atoms with Gasteiger partial charge >= 0.3 is 8.38 Å². The summed E-state index contributed by atoms with van der Waals surface area (Å²) in [6, 6.07) is 8.59. The molecule has 0 fully saturated rings. The average molecular weight is 254 g/mol. The molecule has 0 amide bonds. The molecule has 2 heterocycles. The van der Waals surface area contributed by atoms with E-state index in [2.05, 4.69) is 35.0 Å². The standard InChI is InChI=1S/C10H6S4/c1-2-4-8-7(3-1)13-10(14-8)9-11-5-6-12-9/h1-6H/q+2. The average Bonchev–Trinajstić information content (AvgIpc) is 2.86. The van der Waals surface area contributed by atoms with Crippen LogP contribution in [-0.4, -0.2) is 0 Å². The fourth-order valence-corrected chi connectivity index (χ4v) is 5.89. The normalized spacial score (nSPS) is 10.9. The van der Waals surface area contributed by atoms with Gasteiger partial charge in [-0.2, -0.15) is 0 Å². The first-order valence-electron chi connectivity index (χ1n) is 4.11. The third kappa shape index (κ3) is 1.48. The third-order valence-electron chi connectivity index (χ3n) is 1.83. The van der Waals surface area contributed by atoms with E-state index in [0.717, 1.165) is 0 Å². The van der Waals surface area contributed by atoms with Crippen LogP contribution in [0.4, 0.5) is 0 Å². The molecule has 1 aromatic carbocycles. The number of fused-ring (bicyclic) bond motifs is 1. The molecule has 68 valence electrons. The number of rotatable bonds is 1. The molecule has 0 unspecified atom stereocenters. The van der Waals surface area contributed by atoms with Crippen molar-refractivity contribution in [2.45, 2.75) is 0 Å². The predicted octanol–water partition coefficient (Wildman–Crippen LogP) is 5.32. The molecule has 0 radical (unpaired) electrons. The highest BCUT2D eigenvalue weighted by molar-refractivity contribution is 7.48. The van der Waals surface area contributed by atoms with Gasteiger partial charge < -0.3 is 0 Å². The Bertz CT molecular complexity index is 517. The number of hydrogen-bond donors (Lipinski definition) is 0. The van der Waals surface area contributed by atoms with Gasteiger partial charge in [-0.05, 0) is 12.1 Å². The third-order valence-corrected chi connectivity index (χ3v) is 7.03. The van der Waals surface area contributed by atoms with Gasteiger partial charge in [0.25, 0.3) is 0 Å². The summed E-state index contributed by atoms with van der Waals surface area (Å²) in [5.41, 5.74) is 0. The largest absolute Gasteiger partial charge is 0.352 e. The summed E-state index contributed by atoms with van der Waals surface area (Å²) in [5.74, 6) is 0. The van der Waals surface area contributed by atoms with Gasteiger partial charge in [-0.15, -0.1) is 0 Å². The first-order valence-corrected chi connectivity index (χ1v) is 7.50. The second-order valence-electron chi connectivity index (χ2n) is 2.73. The molecule has 0 spiro atoms. The minimum absolute atomic E-state index is 1.40. The lowest BCUT2D eigenvalue weighted by Gasteiger charge is -1.73. The van der Waals surface area contributed by atoms with E-state index in [9.17, 15) is 0 Å². The van der Waals surface area contributed by atoms with Crippen molar-refractivity contribution >= 4 is 54.7 Å². The van der Waals surface area contributed by atoms with Gasteiger partial charge in [0.1, 0.15) is 33.4 Å². The summed E-state index contributed by atoms with van der Waals surface area (Å²) in [6.07, 6.45) is 0. The molecule has 0 bridgehead atoms. The molecule has 3 rings (SSSR count). The van der Waals surface area contributed by atoms with Gasteiger partial charge in [0, 0.05) is 0 Å². The van der Waals surface area contributed by atoms with Gasteiger partial charge in [0.2, 0.25) is 0 Å². The van der Waals surface area contributed by atoms with Gasteiger partial charge in [-0.3, -0.25) is 0 Å². The summed E-state index contributed by atoms with van der Waals surface area (Å²) in [4.78, 5) is 0. The lowest BCUT2D eigenvalue weighted by Crippen LogP contribution is -1.54. The fourth-order valence-electron chi connectivity index (χ4n) is 1.23. The molecule has 0 atom stereocenters. The Morgan fingerprint density at radius 1 is 1.07 bits per heavy atom. The molecule has 0 nitrogen and oxygen atoms in total. The van der Waals surface area contributed by atoms with Crippen molar-refractivity contribution < 1.29 is 0 Å². The van der Waals surface area contributed by atoms with Crippen molar-refractivity contribution in [1.82, 2.24) is 0 Å². The quantitative estimate of drug-likeness (QED) is 0.516. The molecule has 4 heteroatoms. The Hall–Kier alpha value is -0.420. The zero-order valence-electron chi connectivity index (χ0n) is 7.10. The molecule has 0 N–H and O–H groups in total. The first-order chi connectivity index (χ1) is 6.93. The van der Waals surface area contributed by atoms with Crippen molar-refractivity contribution in [2.24, 2.45) is 0 Å². The lowest BCUT2D eigenvalue weighted by atomic mass is 10.4. The molecule has 0 aliphatic heterocycles. The van der Waals surface area contributed by atoms with Crippen LogP contribution in [0.3, 0.4) is 0 Å². The second kappa shape index (κ2) is 3.62. The van der Waals surface area contributed by atoms with Crippen molar-refractivity contribution in [3.63, 3.8) is 0 Å². The zero-order chi connectivity index (χ0) is 9.38. The van der Waals surface area contributed by atoms with Crippen molar-refractivity contribution in [2.75, 3.05) is 0 Å². The van der Waals surface area contributed by atoms with Crippen molar-refractivity contribution in [1.29, 1.82) is 0 Å². The van der Waals surface area contributed by atoms with Crippen molar-refractivity contribution in [3.8, 4) is 8.38 Å². The van der Waals surface area contributed by atoms with E-state index in [1.54, 1.807) is 0 Å². The van der Waals surface area contributed by atoms with Gasteiger partial charge in [0.05, 0.1) is 22.7 Å². The molecule has 0 saturated carbocycles. The lowest BCUT2D eigenvalue weighted by molar-refractivity contribution is 1.88. The van der Waals surface area contributed by atoms with Gasteiger partial charge in [0.15, 0.2) is 9.40 Å². The van der Waals surface area contributed by atoms with Crippen LogP contribution < -0.4 is 0 Å². The Morgan fingerprint density at radius 3 is 2.79 bits per heavy atom. The Morgan fingerprint density at radius 2 is 2.00 bits per heavy atom. The van der Waals surface area contributed by atoms with E-state index < -0.39 is 0 Å². The van der Waals surface area contributed by atoms with E-state index in [1.807, 2.05) is 45.3 Å². The summed E-state index contributed by atoms with van der Waals surface area (Å²) < 4.78 is 5.66. The maximum atomic E-state index is 2.19. The highest BCUT2D eigenvalue weighted by Gasteiger charge is 2.25. The molecule has 0 aliphatic rings. The minimum atomic E-state index is 1.40. The summed E-state index contributed by atoms with van der Waals surface area (Å²) in [7, 11) is 0. The summed E-state index contributed by atoms with van der Waals surface area (Å²) >= 11 is 7.45. The maximum Gasteiger partial charge on any atom is 0.352 e. The number of benzene rings is 1. The SMILES string of the molecule is c1ccc2[s+]c(-c3scc[s+]3)sc2c1. The Balaban J connectivity index is 2.24. The zero-order valence-corrected chi connectivity index (χ0v) is 10.4. The van der Waals surface area contributed by atoms with Crippen LogP contribution in [0, 0.1) is 0 Å². The maximum absolute atomic E-state index is 2.19. The topological polar surface area (TPSA) is 0 Å². The van der Waals surface area contributed by atoms with Crippen LogP contribution >= 0.6 is 45.3 Å². The molecular weight excluding hydrogens is 248 g/mol. The van der Waals surface area contributed by atoms with Crippen LogP contribution in [0.25, 0.3) is 17.8 Å². The minimum Gasteiger partial charge on any atom is -0.0587 e. The molecular formula is C10H6S4+2. The monoisotopic (exact) mass is 254 g/mol. The second-order valence-corrected chi connectivity index (χ2v) is 7.19. The molecule has 3 aromatic rings. The molecule has 14 heavy (non-hydrogen) atoms.